The van der Waals surface area contributed by atoms with E-state index in [2.05, 4.69) is 0 Å². The molecule has 0 heterocycles. The number of rotatable bonds is 9. The summed E-state index contributed by atoms with van der Waals surface area (Å²) in [7, 11) is 1.57. The second kappa shape index (κ2) is 11.6. The molecule has 8 heteroatoms. The summed E-state index contributed by atoms with van der Waals surface area (Å²) in [4.78, 5) is 26.7. The van der Waals surface area contributed by atoms with Crippen LogP contribution in [0.3, 0.4) is 0 Å². The van der Waals surface area contributed by atoms with Crippen molar-refractivity contribution in [3.63, 3.8) is 0 Å². The van der Waals surface area contributed by atoms with Gasteiger partial charge in [-0.1, -0.05) is 29.3 Å². The number of anilines is 1. The topological polar surface area (TPSA) is 65.1 Å². The molecule has 6 nitrogen and oxygen atoms in total. The van der Waals surface area contributed by atoms with Crippen molar-refractivity contribution in [2.24, 2.45) is 0 Å². The van der Waals surface area contributed by atoms with Gasteiger partial charge in [0.05, 0.1) is 25.8 Å². The third kappa shape index (κ3) is 6.40. The van der Waals surface area contributed by atoms with E-state index in [9.17, 15) is 9.59 Å². The van der Waals surface area contributed by atoms with Crippen LogP contribution < -0.4 is 14.4 Å². The molecule has 3 aromatic rings. The first kappa shape index (κ1) is 24.4. The predicted molar refractivity (Wildman–Crippen MR) is 129 cm³/mol. The number of methoxy groups -OCH3 is 1. The van der Waals surface area contributed by atoms with Crippen LogP contribution in [0.15, 0.2) is 66.7 Å². The highest BCUT2D eigenvalue weighted by Crippen LogP contribution is 2.28. The Balaban J connectivity index is 1.84. The first-order chi connectivity index (χ1) is 15.9. The molecule has 0 atom stereocenters. The Labute approximate surface area is 202 Å². The number of carbonyl (C=O) groups is 2. The second-order valence-corrected chi connectivity index (χ2v) is 7.73. The maximum atomic E-state index is 13.2. The first-order valence-corrected chi connectivity index (χ1v) is 11.0. The maximum absolute atomic E-state index is 13.2. The van der Waals surface area contributed by atoms with Gasteiger partial charge in [0, 0.05) is 21.3 Å². The molecular weight excluding hydrogens is 465 g/mol. The summed E-state index contributed by atoms with van der Waals surface area (Å²) in [6.45, 7) is 1.93. The van der Waals surface area contributed by atoms with E-state index in [-0.39, 0.29) is 25.7 Å². The van der Waals surface area contributed by atoms with Gasteiger partial charge < -0.3 is 19.1 Å². The number of nitrogens with zero attached hydrogens (tertiary/aromatic N) is 1. The van der Waals surface area contributed by atoms with Gasteiger partial charge in [0.2, 0.25) is 0 Å². The van der Waals surface area contributed by atoms with Gasteiger partial charge in [-0.25, -0.2) is 4.79 Å². The van der Waals surface area contributed by atoms with Gasteiger partial charge in [0.15, 0.2) is 6.61 Å². The smallest absolute Gasteiger partial charge is 0.338 e. The van der Waals surface area contributed by atoms with E-state index in [1.165, 1.54) is 4.90 Å². The molecule has 0 saturated carbocycles. The normalized spacial score (nSPS) is 10.4. The van der Waals surface area contributed by atoms with Gasteiger partial charge in [-0.15, -0.1) is 0 Å². The van der Waals surface area contributed by atoms with Crippen LogP contribution in [0.4, 0.5) is 5.69 Å². The fourth-order valence-corrected chi connectivity index (χ4v) is 3.57. The molecule has 3 rings (SSSR count). The van der Waals surface area contributed by atoms with Crippen molar-refractivity contribution < 1.29 is 23.8 Å². The second-order valence-electron chi connectivity index (χ2n) is 6.91. The molecule has 0 spiro atoms. The number of halogens is 2. The summed E-state index contributed by atoms with van der Waals surface area (Å²) < 4.78 is 15.8. The number of esters is 1. The van der Waals surface area contributed by atoms with Crippen LogP contribution in [0.2, 0.25) is 10.0 Å². The first-order valence-electron chi connectivity index (χ1n) is 10.2. The molecule has 172 valence electrons. The number of carbonyl (C=O) groups excluding carboxylic acids is 2. The van der Waals surface area contributed by atoms with E-state index in [0.717, 1.165) is 0 Å². The minimum atomic E-state index is -0.432. The highest BCUT2D eigenvalue weighted by molar-refractivity contribution is 6.36. The van der Waals surface area contributed by atoms with Crippen LogP contribution in [0.25, 0.3) is 0 Å². The van der Waals surface area contributed by atoms with E-state index >= 15 is 0 Å². The highest BCUT2D eigenvalue weighted by atomic mass is 35.5. The molecule has 0 aliphatic carbocycles. The van der Waals surface area contributed by atoms with Crippen molar-refractivity contribution in [1.82, 2.24) is 0 Å². The quantitative estimate of drug-likeness (QED) is 0.357. The zero-order chi connectivity index (χ0) is 23.8. The lowest BCUT2D eigenvalue weighted by atomic mass is 10.1. The fraction of sp³-hybridized carbons (Fsp3) is 0.200. The van der Waals surface area contributed by atoms with Crippen LogP contribution in [0.1, 0.15) is 22.8 Å². The monoisotopic (exact) mass is 487 g/mol. The van der Waals surface area contributed by atoms with Crippen molar-refractivity contribution in [1.29, 1.82) is 0 Å². The van der Waals surface area contributed by atoms with Crippen molar-refractivity contribution in [2.45, 2.75) is 13.5 Å². The number of benzene rings is 3. The maximum Gasteiger partial charge on any atom is 0.338 e. The number of amides is 1. The molecule has 0 aliphatic rings. The van der Waals surface area contributed by atoms with Crippen molar-refractivity contribution in [3.05, 3.63) is 87.9 Å². The van der Waals surface area contributed by atoms with Gasteiger partial charge in [0.1, 0.15) is 11.5 Å². The van der Waals surface area contributed by atoms with Crippen molar-refractivity contribution >= 4 is 40.8 Å². The van der Waals surface area contributed by atoms with Gasteiger partial charge in [-0.3, -0.25) is 4.79 Å². The highest BCUT2D eigenvalue weighted by Gasteiger charge is 2.20. The summed E-state index contributed by atoms with van der Waals surface area (Å²) in [5, 5.41) is 0.888. The summed E-state index contributed by atoms with van der Waals surface area (Å²) in [5.41, 5.74) is 1.55. The minimum absolute atomic E-state index is 0.127. The van der Waals surface area contributed by atoms with E-state index < -0.39 is 5.97 Å². The Morgan fingerprint density at radius 2 is 1.48 bits per heavy atom. The summed E-state index contributed by atoms with van der Waals surface area (Å²) in [6.07, 6.45) is 0. The molecule has 0 aromatic heterocycles. The number of ether oxygens (including phenoxy) is 3. The molecule has 0 bridgehead atoms. The van der Waals surface area contributed by atoms with Crippen LogP contribution in [0.5, 0.6) is 11.5 Å². The third-order valence-electron chi connectivity index (χ3n) is 4.79. The molecule has 3 aromatic carbocycles. The molecule has 0 saturated heterocycles. The van der Waals surface area contributed by atoms with Gasteiger partial charge in [-0.2, -0.15) is 0 Å². The molecule has 0 N–H and O–H groups in total. The van der Waals surface area contributed by atoms with Crippen LogP contribution in [-0.4, -0.2) is 32.2 Å². The van der Waals surface area contributed by atoms with Gasteiger partial charge >= 0.3 is 5.97 Å². The van der Waals surface area contributed by atoms with E-state index in [0.29, 0.717) is 38.4 Å². The van der Waals surface area contributed by atoms with E-state index in [1.54, 1.807) is 80.8 Å². The largest absolute Gasteiger partial charge is 0.497 e. The zero-order valence-corrected chi connectivity index (χ0v) is 19.7. The number of hydrogen-bond acceptors (Lipinski definition) is 5. The lowest BCUT2D eigenvalue weighted by Crippen LogP contribution is -2.34. The average Bonchev–Trinajstić information content (AvgIpc) is 2.83. The average molecular weight is 488 g/mol. The standard InChI is InChI=1S/C25H23Cl2NO5/c1-3-32-25(30)17-7-9-18(10-8-17)28(15-21-22(26)5-4-6-23(21)27)24(29)16-33-20-13-11-19(31-2)12-14-20/h4-14H,3,15-16H2,1-2H3. The molecule has 33 heavy (non-hydrogen) atoms. The SMILES string of the molecule is CCOC(=O)c1ccc(N(Cc2c(Cl)cccc2Cl)C(=O)COc2ccc(OC)cc2)cc1. The number of hydrogen-bond donors (Lipinski definition) is 0. The fourth-order valence-electron chi connectivity index (χ4n) is 3.05. The molecule has 0 fully saturated rings. The van der Waals surface area contributed by atoms with Gasteiger partial charge in [-0.05, 0) is 67.6 Å². The summed E-state index contributed by atoms with van der Waals surface area (Å²) in [6, 6.07) is 18.6. The molecule has 0 aliphatic heterocycles. The Morgan fingerprint density at radius 3 is 2.06 bits per heavy atom. The van der Waals surface area contributed by atoms with Crippen LogP contribution >= 0.6 is 23.2 Å². The van der Waals surface area contributed by atoms with Gasteiger partial charge in [0.25, 0.3) is 5.91 Å². The van der Waals surface area contributed by atoms with Crippen LogP contribution in [0, 0.1) is 0 Å². The predicted octanol–water partition coefficient (Wildman–Crippen LogP) is 5.79. The minimum Gasteiger partial charge on any atom is -0.497 e. The molecule has 1 amide bonds. The van der Waals surface area contributed by atoms with Crippen molar-refractivity contribution in [2.75, 3.05) is 25.2 Å². The van der Waals surface area contributed by atoms with Crippen LogP contribution in [-0.2, 0) is 16.1 Å². The Hall–Kier alpha value is -3.22. The lowest BCUT2D eigenvalue weighted by Gasteiger charge is -2.24. The molecule has 0 radical (unpaired) electrons. The summed E-state index contributed by atoms with van der Waals surface area (Å²) >= 11 is 12.7. The molecular formula is C25H23Cl2NO5. The third-order valence-corrected chi connectivity index (χ3v) is 5.50. The Morgan fingerprint density at radius 1 is 0.879 bits per heavy atom. The van der Waals surface area contributed by atoms with E-state index in [1.807, 2.05) is 0 Å². The summed E-state index contributed by atoms with van der Waals surface area (Å²) in [5.74, 6) is 0.465. The Bertz CT molecular complexity index is 1080. The van der Waals surface area contributed by atoms with Crippen molar-refractivity contribution in [3.8, 4) is 11.5 Å². The molecule has 0 unspecified atom stereocenters. The zero-order valence-electron chi connectivity index (χ0n) is 18.2. The van der Waals surface area contributed by atoms with E-state index in [4.69, 9.17) is 37.4 Å². The Kier molecular flexibility index (Phi) is 8.58. The lowest BCUT2D eigenvalue weighted by molar-refractivity contribution is -0.120.